The molecule has 0 atom stereocenters. The lowest BCUT2D eigenvalue weighted by Gasteiger charge is -2.16. The predicted molar refractivity (Wildman–Crippen MR) is 179 cm³/mol. The van der Waals surface area contributed by atoms with Gasteiger partial charge in [0.2, 0.25) is 11.3 Å². The Labute approximate surface area is 278 Å². The van der Waals surface area contributed by atoms with E-state index >= 15 is 0 Å². The van der Waals surface area contributed by atoms with E-state index in [-0.39, 0.29) is 50.0 Å². The number of halogens is 1. The van der Waals surface area contributed by atoms with Gasteiger partial charge in [-0.05, 0) is 67.0 Å². The number of ether oxygens (including phenoxy) is 1. The van der Waals surface area contributed by atoms with Crippen LogP contribution in [-0.4, -0.2) is 66.6 Å². The van der Waals surface area contributed by atoms with Gasteiger partial charge in [0, 0.05) is 60.7 Å². The first-order valence-electron chi connectivity index (χ1n) is 15.5. The number of carbonyl (C=O) groups is 3. The first-order valence-corrected chi connectivity index (χ1v) is 17.5. The fraction of sp³-hybridized carbons (Fsp3) is 0.412. The molecule has 0 spiro atoms. The number of rotatable bonds is 15. The Hall–Kier alpha value is -4.18. The lowest BCUT2D eigenvalue weighted by atomic mass is 9.99. The highest BCUT2D eigenvalue weighted by Crippen LogP contribution is 2.42. The number of nitrogens with zero attached hydrogens (tertiary/aromatic N) is 1. The topological polar surface area (TPSA) is 163 Å². The first-order chi connectivity index (χ1) is 22.4. The number of carbonyl (C=O) groups excluding carboxylic acids is 3. The van der Waals surface area contributed by atoms with Crippen LogP contribution in [0.5, 0.6) is 0 Å². The van der Waals surface area contributed by atoms with Gasteiger partial charge < -0.3 is 19.9 Å². The van der Waals surface area contributed by atoms with Crippen molar-refractivity contribution in [2.45, 2.75) is 63.8 Å². The minimum absolute atomic E-state index is 0.00640. The molecule has 47 heavy (non-hydrogen) atoms. The third-order valence-electron chi connectivity index (χ3n) is 7.84. The van der Waals surface area contributed by atoms with Crippen molar-refractivity contribution in [3.63, 3.8) is 0 Å². The van der Waals surface area contributed by atoms with Crippen LogP contribution in [0.3, 0.4) is 0 Å². The molecule has 1 aliphatic carbocycles. The van der Waals surface area contributed by atoms with E-state index in [1.54, 1.807) is 30.3 Å². The number of nitrogens with one attached hydrogen (secondary N) is 2. The lowest BCUT2D eigenvalue weighted by molar-refractivity contribution is -0.142. The number of aromatic amines is 1. The van der Waals surface area contributed by atoms with Crippen molar-refractivity contribution in [2.75, 3.05) is 26.0 Å². The Morgan fingerprint density at radius 1 is 1.09 bits per heavy atom. The molecule has 0 radical (unpaired) electrons. The monoisotopic (exact) mass is 683 g/mol. The van der Waals surface area contributed by atoms with Gasteiger partial charge >= 0.3 is 5.97 Å². The van der Waals surface area contributed by atoms with Gasteiger partial charge in [0.15, 0.2) is 6.61 Å². The summed E-state index contributed by atoms with van der Waals surface area (Å²) < 4.78 is 35.7. The van der Waals surface area contributed by atoms with Crippen molar-refractivity contribution in [2.24, 2.45) is 0 Å². The normalized spacial score (nSPS) is 12.7. The fourth-order valence-corrected chi connectivity index (χ4v) is 5.59. The van der Waals surface area contributed by atoms with E-state index in [9.17, 15) is 27.6 Å². The standard InChI is InChI=1S/C34H38ClN3O8S/c1-38(16-18-47(43,44)45)31(39)8-4-2-3-5-9-32(40)46-17-6-7-25-19-28-30(20-27(25)24-12-13-24)36-22-29(33(28)41)34(42)37-21-23-10-14-26(35)15-11-23/h10-11,14-15,19-20,22,24H,2-5,8-9,12-13,16-18,21H2,1H3,(H,36,41)(H,37,42)(H,43,44,45). The van der Waals surface area contributed by atoms with Crippen LogP contribution < -0.4 is 10.7 Å². The summed E-state index contributed by atoms with van der Waals surface area (Å²) in [4.78, 5) is 54.8. The van der Waals surface area contributed by atoms with Crippen molar-refractivity contribution in [3.05, 3.63) is 80.1 Å². The highest BCUT2D eigenvalue weighted by molar-refractivity contribution is 7.85. The summed E-state index contributed by atoms with van der Waals surface area (Å²) >= 11 is 5.92. The number of benzene rings is 2. The number of aromatic nitrogens is 1. The molecule has 0 aliphatic heterocycles. The number of hydrogen-bond donors (Lipinski definition) is 3. The zero-order valence-electron chi connectivity index (χ0n) is 26.1. The fourth-order valence-electron chi connectivity index (χ4n) is 4.96. The average Bonchev–Trinajstić information content (AvgIpc) is 3.88. The largest absolute Gasteiger partial charge is 0.452 e. The summed E-state index contributed by atoms with van der Waals surface area (Å²) in [6.07, 6.45) is 6.57. The van der Waals surface area contributed by atoms with Crippen LogP contribution in [0.1, 0.15) is 84.3 Å². The minimum Gasteiger partial charge on any atom is -0.452 e. The van der Waals surface area contributed by atoms with E-state index in [2.05, 4.69) is 22.1 Å². The van der Waals surface area contributed by atoms with Gasteiger partial charge in [-0.1, -0.05) is 48.4 Å². The second-order valence-corrected chi connectivity index (χ2v) is 13.6. The molecule has 2 aromatic carbocycles. The summed E-state index contributed by atoms with van der Waals surface area (Å²) in [5.74, 6) is 4.69. The molecule has 1 aromatic heterocycles. The molecule has 250 valence electrons. The number of H-pyrrole nitrogens is 1. The van der Waals surface area contributed by atoms with Crippen LogP contribution in [0.2, 0.25) is 5.02 Å². The predicted octanol–water partition coefficient (Wildman–Crippen LogP) is 4.57. The van der Waals surface area contributed by atoms with E-state index in [0.29, 0.717) is 40.2 Å². The molecule has 1 fully saturated rings. The van der Waals surface area contributed by atoms with Crippen LogP contribution in [0.25, 0.3) is 10.9 Å². The zero-order chi connectivity index (χ0) is 34.0. The third-order valence-corrected chi connectivity index (χ3v) is 8.79. The molecule has 0 saturated heterocycles. The second kappa shape index (κ2) is 16.6. The highest BCUT2D eigenvalue weighted by Gasteiger charge is 2.27. The first kappa shape index (κ1) is 35.7. The van der Waals surface area contributed by atoms with E-state index in [0.717, 1.165) is 36.8 Å². The molecule has 0 unspecified atom stereocenters. The van der Waals surface area contributed by atoms with Crippen LogP contribution in [-0.2, 0) is 31.0 Å². The smallest absolute Gasteiger partial charge is 0.306 e. The average molecular weight is 684 g/mol. The summed E-state index contributed by atoms with van der Waals surface area (Å²) in [6.45, 7) is 0.0703. The van der Waals surface area contributed by atoms with Crippen molar-refractivity contribution in [1.29, 1.82) is 0 Å². The van der Waals surface area contributed by atoms with E-state index in [1.807, 2.05) is 6.07 Å². The lowest BCUT2D eigenvalue weighted by Crippen LogP contribution is -2.31. The SMILES string of the molecule is CN(CCS(=O)(=O)O)C(=O)CCCCCCC(=O)OCC#Cc1cc2c(=O)c(C(=O)NCc3ccc(Cl)cc3)c[nH]c2cc1C1CC1. The van der Waals surface area contributed by atoms with Crippen molar-refractivity contribution in [3.8, 4) is 11.8 Å². The quantitative estimate of drug-likeness (QED) is 0.0908. The van der Waals surface area contributed by atoms with Crippen molar-refractivity contribution >= 4 is 50.4 Å². The molecular formula is C34H38ClN3O8S. The summed E-state index contributed by atoms with van der Waals surface area (Å²) in [5.41, 5.74) is 2.73. The molecule has 2 amide bonds. The van der Waals surface area contributed by atoms with Gasteiger partial charge in [0.1, 0.15) is 5.56 Å². The highest BCUT2D eigenvalue weighted by atomic mass is 35.5. The van der Waals surface area contributed by atoms with Crippen LogP contribution >= 0.6 is 11.6 Å². The third kappa shape index (κ3) is 11.2. The van der Waals surface area contributed by atoms with E-state index in [1.165, 1.54) is 18.1 Å². The Morgan fingerprint density at radius 2 is 1.79 bits per heavy atom. The molecule has 13 heteroatoms. The van der Waals surface area contributed by atoms with Gasteiger partial charge in [-0.3, -0.25) is 23.7 Å². The number of fused-ring (bicyclic) bond motifs is 1. The molecule has 3 N–H and O–H groups in total. The number of amides is 2. The molecular weight excluding hydrogens is 646 g/mol. The molecule has 0 bridgehead atoms. The van der Waals surface area contributed by atoms with E-state index in [4.69, 9.17) is 20.9 Å². The minimum atomic E-state index is -4.12. The molecule has 4 rings (SSSR count). The molecule has 3 aromatic rings. The maximum absolute atomic E-state index is 13.3. The molecule has 1 aliphatic rings. The maximum Gasteiger partial charge on any atom is 0.306 e. The Morgan fingerprint density at radius 3 is 2.47 bits per heavy atom. The Balaban J connectivity index is 1.26. The molecule has 11 nitrogen and oxygen atoms in total. The molecule has 1 heterocycles. The van der Waals surface area contributed by atoms with Crippen molar-refractivity contribution in [1.82, 2.24) is 15.2 Å². The Bertz CT molecular complexity index is 1840. The van der Waals surface area contributed by atoms with Gasteiger partial charge in [0.25, 0.3) is 16.0 Å². The van der Waals surface area contributed by atoms with Crippen LogP contribution in [0.15, 0.2) is 47.4 Å². The Kier molecular flexibility index (Phi) is 12.6. The maximum atomic E-state index is 13.3. The summed E-state index contributed by atoms with van der Waals surface area (Å²) in [6, 6.07) is 10.7. The second-order valence-electron chi connectivity index (χ2n) is 11.6. The van der Waals surface area contributed by atoms with Crippen LogP contribution in [0.4, 0.5) is 0 Å². The van der Waals surface area contributed by atoms with Crippen molar-refractivity contribution < 1.29 is 32.1 Å². The number of hydrogen-bond acceptors (Lipinski definition) is 7. The van der Waals surface area contributed by atoms with Gasteiger partial charge in [-0.25, -0.2) is 0 Å². The van der Waals surface area contributed by atoms with Crippen LogP contribution in [0, 0.1) is 11.8 Å². The number of esters is 1. The summed E-state index contributed by atoms with van der Waals surface area (Å²) in [7, 11) is -2.63. The summed E-state index contributed by atoms with van der Waals surface area (Å²) in [5, 5.41) is 3.71. The zero-order valence-corrected chi connectivity index (χ0v) is 27.7. The van der Waals surface area contributed by atoms with Gasteiger partial charge in [-0.2, -0.15) is 8.42 Å². The van der Waals surface area contributed by atoms with Gasteiger partial charge in [0.05, 0.1) is 5.75 Å². The van der Waals surface area contributed by atoms with Gasteiger partial charge in [-0.15, -0.1) is 0 Å². The molecule has 1 saturated carbocycles. The number of pyridine rings is 1. The van der Waals surface area contributed by atoms with E-state index < -0.39 is 27.2 Å². The number of unbranched alkanes of at least 4 members (excludes halogenated alkanes) is 3.